The van der Waals surface area contributed by atoms with Gasteiger partial charge in [-0.1, -0.05) is 54.0 Å². The van der Waals surface area contributed by atoms with Crippen LogP contribution in [-0.2, 0) is 16.1 Å². The van der Waals surface area contributed by atoms with Crippen LogP contribution in [0.15, 0.2) is 31.8 Å². The summed E-state index contributed by atoms with van der Waals surface area (Å²) in [7, 11) is 0. The monoisotopic (exact) mass is 479 g/mol. The molecule has 1 saturated carbocycles. The Balaban J connectivity index is 1.32. The minimum absolute atomic E-state index is 0.0362. The summed E-state index contributed by atoms with van der Waals surface area (Å²) in [5.41, 5.74) is 1.28. The molecule has 2 aromatic heterocycles. The standard InChI is InChI=1S/C21H22ClN3O4S2/c1-12-7-17-15(9-16(12)22)13(8-18(26)29-17)10-28-19(27)11-30-21-25-24-20(31-21)23-14-5-3-2-4-6-14/h7-9,14H,2-6,10-11H2,1H3,(H,23,24). The summed E-state index contributed by atoms with van der Waals surface area (Å²) in [5, 5.41) is 13.7. The molecule has 4 rings (SSSR count). The van der Waals surface area contributed by atoms with Gasteiger partial charge >= 0.3 is 11.6 Å². The number of hydrogen-bond acceptors (Lipinski definition) is 9. The number of hydrogen-bond donors (Lipinski definition) is 1. The number of nitrogens with zero attached hydrogens (tertiary/aromatic N) is 2. The summed E-state index contributed by atoms with van der Waals surface area (Å²) in [4.78, 5) is 24.1. The maximum Gasteiger partial charge on any atom is 0.336 e. The predicted octanol–water partition coefficient (Wildman–Crippen LogP) is 5.19. The van der Waals surface area contributed by atoms with Crippen molar-refractivity contribution in [1.82, 2.24) is 10.2 Å². The van der Waals surface area contributed by atoms with Crippen LogP contribution in [0.1, 0.15) is 43.2 Å². The number of benzene rings is 1. The van der Waals surface area contributed by atoms with Gasteiger partial charge in [0.1, 0.15) is 12.2 Å². The van der Waals surface area contributed by atoms with Crippen molar-refractivity contribution >= 4 is 56.8 Å². The van der Waals surface area contributed by atoms with Gasteiger partial charge in [0.15, 0.2) is 4.34 Å². The van der Waals surface area contributed by atoms with Crippen molar-refractivity contribution in [2.24, 2.45) is 0 Å². The number of thioether (sulfide) groups is 1. The van der Waals surface area contributed by atoms with Gasteiger partial charge in [0, 0.05) is 28.1 Å². The summed E-state index contributed by atoms with van der Waals surface area (Å²) in [5.74, 6) is -0.293. The van der Waals surface area contributed by atoms with Crippen LogP contribution in [0.4, 0.5) is 5.13 Å². The first kappa shape index (κ1) is 22.1. The summed E-state index contributed by atoms with van der Waals surface area (Å²) in [6.07, 6.45) is 6.11. The molecular weight excluding hydrogens is 458 g/mol. The van der Waals surface area contributed by atoms with E-state index in [-0.39, 0.29) is 12.4 Å². The molecule has 2 heterocycles. The Labute approximate surface area is 192 Å². The lowest BCUT2D eigenvalue weighted by molar-refractivity contribution is -0.141. The largest absolute Gasteiger partial charge is 0.460 e. The van der Waals surface area contributed by atoms with Crippen LogP contribution in [0.5, 0.6) is 0 Å². The first-order valence-corrected chi connectivity index (χ1v) is 12.3. The molecule has 3 aromatic rings. The third kappa shape index (κ3) is 5.78. The summed E-state index contributed by atoms with van der Waals surface area (Å²) in [6.45, 7) is 1.79. The van der Waals surface area contributed by atoms with Crippen molar-refractivity contribution in [3.8, 4) is 0 Å². The SMILES string of the molecule is Cc1cc2oc(=O)cc(COC(=O)CSc3nnc(NC4CCCCC4)s3)c2cc1Cl. The molecule has 0 aliphatic heterocycles. The van der Waals surface area contributed by atoms with E-state index in [0.29, 0.717) is 31.9 Å². The number of aromatic nitrogens is 2. The molecule has 0 atom stereocenters. The number of anilines is 1. The molecule has 31 heavy (non-hydrogen) atoms. The van der Waals surface area contributed by atoms with E-state index in [2.05, 4.69) is 15.5 Å². The maximum absolute atomic E-state index is 12.2. The van der Waals surface area contributed by atoms with Gasteiger partial charge in [-0.25, -0.2) is 4.79 Å². The number of rotatable bonds is 7. The number of fused-ring (bicyclic) bond motifs is 1. The molecule has 1 aliphatic carbocycles. The quantitative estimate of drug-likeness (QED) is 0.281. The Kier molecular flexibility index (Phi) is 7.14. The number of carbonyl (C=O) groups excluding carboxylic acids is 1. The molecule has 1 fully saturated rings. The number of esters is 1. The van der Waals surface area contributed by atoms with Crippen molar-refractivity contribution < 1.29 is 13.9 Å². The summed E-state index contributed by atoms with van der Waals surface area (Å²) >= 11 is 8.93. The van der Waals surface area contributed by atoms with Crippen LogP contribution in [0.3, 0.4) is 0 Å². The molecule has 0 radical (unpaired) electrons. The molecule has 1 aliphatic rings. The maximum atomic E-state index is 12.2. The third-order valence-corrected chi connectivity index (χ3v) is 7.52. The van der Waals surface area contributed by atoms with Crippen LogP contribution in [0.2, 0.25) is 5.02 Å². The highest BCUT2D eigenvalue weighted by Gasteiger charge is 2.16. The Morgan fingerprint density at radius 2 is 2.10 bits per heavy atom. The third-order valence-electron chi connectivity index (χ3n) is 5.15. The van der Waals surface area contributed by atoms with Gasteiger partial charge in [0.05, 0.1) is 5.75 Å². The highest BCUT2D eigenvalue weighted by atomic mass is 35.5. The molecule has 0 spiro atoms. The Morgan fingerprint density at radius 1 is 1.29 bits per heavy atom. The van der Waals surface area contributed by atoms with Gasteiger partial charge in [-0.05, 0) is 37.5 Å². The van der Waals surface area contributed by atoms with Gasteiger partial charge < -0.3 is 14.5 Å². The van der Waals surface area contributed by atoms with E-state index in [9.17, 15) is 9.59 Å². The summed E-state index contributed by atoms with van der Waals surface area (Å²) < 4.78 is 11.3. The smallest absolute Gasteiger partial charge is 0.336 e. The number of carbonyl (C=O) groups is 1. The molecule has 0 amide bonds. The van der Waals surface area contributed by atoms with E-state index < -0.39 is 11.6 Å². The van der Waals surface area contributed by atoms with Gasteiger partial charge in [0.25, 0.3) is 0 Å². The Hall–Kier alpha value is -2.10. The van der Waals surface area contributed by atoms with Gasteiger partial charge in [-0.3, -0.25) is 4.79 Å². The van der Waals surface area contributed by atoms with Crippen molar-refractivity contribution in [2.75, 3.05) is 11.1 Å². The van der Waals surface area contributed by atoms with E-state index in [1.54, 1.807) is 12.1 Å². The lowest BCUT2D eigenvalue weighted by Crippen LogP contribution is -2.21. The minimum atomic E-state index is -0.499. The second-order valence-corrected chi connectivity index (χ2v) is 10.1. The molecule has 1 aromatic carbocycles. The van der Waals surface area contributed by atoms with Crippen molar-refractivity contribution in [1.29, 1.82) is 0 Å². The average Bonchev–Trinajstić information content (AvgIpc) is 3.20. The number of nitrogens with one attached hydrogen (secondary N) is 1. The zero-order valence-electron chi connectivity index (χ0n) is 17.0. The van der Waals surface area contributed by atoms with Crippen molar-refractivity contribution in [2.45, 2.75) is 56.0 Å². The topological polar surface area (TPSA) is 94.3 Å². The van der Waals surface area contributed by atoms with E-state index in [1.165, 1.54) is 48.4 Å². The van der Waals surface area contributed by atoms with E-state index in [1.807, 2.05) is 6.92 Å². The van der Waals surface area contributed by atoms with Crippen LogP contribution in [0.25, 0.3) is 11.0 Å². The molecule has 10 heteroatoms. The average molecular weight is 480 g/mol. The predicted molar refractivity (Wildman–Crippen MR) is 123 cm³/mol. The lowest BCUT2D eigenvalue weighted by atomic mass is 9.96. The van der Waals surface area contributed by atoms with E-state index >= 15 is 0 Å². The summed E-state index contributed by atoms with van der Waals surface area (Å²) in [6, 6.07) is 5.20. The first-order chi connectivity index (χ1) is 15.0. The van der Waals surface area contributed by atoms with Crippen LogP contribution in [-0.4, -0.2) is 28.0 Å². The van der Waals surface area contributed by atoms with Crippen molar-refractivity contribution in [3.05, 3.63) is 44.8 Å². The minimum Gasteiger partial charge on any atom is -0.460 e. The van der Waals surface area contributed by atoms with Gasteiger partial charge in [0.2, 0.25) is 5.13 Å². The second kappa shape index (κ2) is 10.0. The Morgan fingerprint density at radius 3 is 2.90 bits per heavy atom. The molecule has 0 bridgehead atoms. The fourth-order valence-corrected chi connectivity index (χ4v) is 5.33. The first-order valence-electron chi connectivity index (χ1n) is 10.1. The molecule has 164 valence electrons. The van der Waals surface area contributed by atoms with E-state index in [0.717, 1.165) is 23.5 Å². The highest BCUT2D eigenvalue weighted by Crippen LogP contribution is 2.29. The lowest BCUT2D eigenvalue weighted by Gasteiger charge is -2.21. The van der Waals surface area contributed by atoms with Crippen LogP contribution in [0, 0.1) is 6.92 Å². The number of ether oxygens (including phenoxy) is 1. The molecule has 0 unspecified atom stereocenters. The van der Waals surface area contributed by atoms with E-state index in [4.69, 9.17) is 20.8 Å². The fraction of sp³-hybridized carbons (Fsp3) is 0.429. The van der Waals surface area contributed by atoms with Crippen LogP contribution < -0.4 is 10.9 Å². The van der Waals surface area contributed by atoms with Gasteiger partial charge in [-0.2, -0.15) is 0 Å². The molecule has 0 saturated heterocycles. The van der Waals surface area contributed by atoms with Crippen LogP contribution >= 0.6 is 34.7 Å². The molecular formula is C21H22ClN3O4S2. The normalized spacial score (nSPS) is 14.6. The number of aryl methyl sites for hydroxylation is 1. The number of halogens is 1. The fourth-order valence-electron chi connectivity index (χ4n) is 3.54. The molecule has 7 nitrogen and oxygen atoms in total. The Bertz CT molecular complexity index is 1140. The zero-order chi connectivity index (χ0) is 21.8. The molecule has 1 N–H and O–H groups in total. The zero-order valence-corrected chi connectivity index (χ0v) is 19.4. The van der Waals surface area contributed by atoms with Crippen molar-refractivity contribution in [3.63, 3.8) is 0 Å². The second-order valence-electron chi connectivity index (χ2n) is 7.49. The highest BCUT2D eigenvalue weighted by molar-refractivity contribution is 8.01. The van der Waals surface area contributed by atoms with Gasteiger partial charge in [-0.15, -0.1) is 10.2 Å².